The van der Waals surface area contributed by atoms with E-state index in [9.17, 15) is 0 Å². The summed E-state index contributed by atoms with van der Waals surface area (Å²) in [6.07, 6.45) is 2.58. The molecule has 3 rings (SSSR count). The fourth-order valence-electron chi connectivity index (χ4n) is 3.20. The lowest BCUT2D eigenvalue weighted by molar-refractivity contribution is 0.545. The van der Waals surface area contributed by atoms with Gasteiger partial charge < -0.3 is 0 Å². The summed E-state index contributed by atoms with van der Waals surface area (Å²) < 4.78 is 0. The molecule has 0 nitrogen and oxygen atoms in total. The van der Waals surface area contributed by atoms with E-state index >= 15 is 0 Å². The first-order valence-electron chi connectivity index (χ1n) is 6.91. The Morgan fingerprint density at radius 2 is 1.67 bits per heavy atom. The average Bonchev–Trinajstić information content (AvgIpc) is 2.41. The highest BCUT2D eigenvalue weighted by molar-refractivity contribution is 5.43. The molecule has 0 spiro atoms. The van der Waals surface area contributed by atoms with Gasteiger partial charge in [-0.05, 0) is 42.4 Å². The molecule has 0 fully saturated rings. The summed E-state index contributed by atoms with van der Waals surface area (Å²) >= 11 is 0. The van der Waals surface area contributed by atoms with E-state index in [0.717, 1.165) is 0 Å². The van der Waals surface area contributed by atoms with Gasteiger partial charge in [0.1, 0.15) is 0 Å². The van der Waals surface area contributed by atoms with Crippen molar-refractivity contribution in [1.29, 1.82) is 0 Å². The molecule has 0 radical (unpaired) electrons. The van der Waals surface area contributed by atoms with Crippen LogP contribution in [0.1, 0.15) is 53.9 Å². The Morgan fingerprint density at radius 3 is 2.44 bits per heavy atom. The van der Waals surface area contributed by atoms with Crippen LogP contribution in [0.2, 0.25) is 0 Å². The summed E-state index contributed by atoms with van der Waals surface area (Å²) in [7, 11) is 0. The maximum atomic E-state index is 2.38. The zero-order valence-electron chi connectivity index (χ0n) is 11.2. The first-order chi connectivity index (χ1) is 8.75. The molecule has 0 saturated carbocycles. The molecule has 2 aromatic rings. The highest BCUT2D eigenvalue weighted by Gasteiger charge is 2.25. The molecule has 0 amide bonds. The third-order valence-corrected chi connectivity index (χ3v) is 4.24. The van der Waals surface area contributed by atoms with E-state index in [4.69, 9.17) is 0 Å². The van der Waals surface area contributed by atoms with Crippen LogP contribution in [-0.2, 0) is 0 Å². The normalized spacial score (nSPS) is 22.6. The minimum absolute atomic E-state index is 0.595. The third-order valence-electron chi connectivity index (χ3n) is 4.24. The van der Waals surface area contributed by atoms with Gasteiger partial charge in [0.2, 0.25) is 0 Å². The highest BCUT2D eigenvalue weighted by Crippen LogP contribution is 2.42. The zero-order chi connectivity index (χ0) is 12.5. The van der Waals surface area contributed by atoms with Crippen LogP contribution < -0.4 is 0 Å². The molecule has 0 heteroatoms. The van der Waals surface area contributed by atoms with Crippen molar-refractivity contribution in [2.45, 2.75) is 38.5 Å². The van der Waals surface area contributed by atoms with Gasteiger partial charge in [0.05, 0.1) is 0 Å². The van der Waals surface area contributed by atoms with Crippen LogP contribution in [0.4, 0.5) is 0 Å². The Bertz CT molecular complexity index is 539. The molecule has 2 atom stereocenters. The van der Waals surface area contributed by atoms with Gasteiger partial charge >= 0.3 is 0 Å². The fourth-order valence-corrected chi connectivity index (χ4v) is 3.20. The first kappa shape index (κ1) is 11.5. The predicted octanol–water partition coefficient (Wildman–Crippen LogP) is 5.02. The molecular weight excluding hydrogens is 216 g/mol. The second-order valence-corrected chi connectivity index (χ2v) is 5.57. The molecule has 0 N–H and O–H groups in total. The highest BCUT2D eigenvalue weighted by atomic mass is 14.3. The largest absolute Gasteiger partial charge is 0.0622 e. The second-order valence-electron chi connectivity index (χ2n) is 5.57. The standard InChI is InChI=1S/C18H20/c1-13-8-10-17-16(15-6-4-3-5-7-15)11-9-14(2)18(17)12-13/h3-8,10,12,14,16H,9,11H2,1-2H3. The Balaban J connectivity index is 2.08. The Hall–Kier alpha value is -1.56. The van der Waals surface area contributed by atoms with Crippen LogP contribution in [0.3, 0.4) is 0 Å². The van der Waals surface area contributed by atoms with E-state index in [0.29, 0.717) is 11.8 Å². The van der Waals surface area contributed by atoms with E-state index in [-0.39, 0.29) is 0 Å². The van der Waals surface area contributed by atoms with Gasteiger partial charge in [-0.1, -0.05) is 61.0 Å². The van der Waals surface area contributed by atoms with Gasteiger partial charge in [-0.2, -0.15) is 0 Å². The monoisotopic (exact) mass is 236 g/mol. The first-order valence-corrected chi connectivity index (χ1v) is 6.91. The summed E-state index contributed by atoms with van der Waals surface area (Å²) in [5.74, 6) is 1.30. The minimum Gasteiger partial charge on any atom is -0.0622 e. The summed E-state index contributed by atoms with van der Waals surface area (Å²) in [6, 6.07) is 17.9. The summed E-state index contributed by atoms with van der Waals surface area (Å²) in [4.78, 5) is 0. The molecule has 0 aromatic heterocycles. The molecule has 0 bridgehead atoms. The van der Waals surface area contributed by atoms with Crippen molar-refractivity contribution in [3.05, 3.63) is 70.8 Å². The van der Waals surface area contributed by atoms with Crippen LogP contribution in [0.15, 0.2) is 48.5 Å². The lowest BCUT2D eigenvalue weighted by atomic mass is 9.74. The van der Waals surface area contributed by atoms with Gasteiger partial charge in [-0.25, -0.2) is 0 Å². The number of rotatable bonds is 1. The molecule has 0 aliphatic heterocycles. The van der Waals surface area contributed by atoms with Crippen molar-refractivity contribution in [1.82, 2.24) is 0 Å². The lowest BCUT2D eigenvalue weighted by Gasteiger charge is -2.30. The Labute approximate surface area is 110 Å². The van der Waals surface area contributed by atoms with Crippen molar-refractivity contribution in [3.63, 3.8) is 0 Å². The van der Waals surface area contributed by atoms with E-state index < -0.39 is 0 Å². The smallest absolute Gasteiger partial charge is 0.00923 e. The Morgan fingerprint density at radius 1 is 0.889 bits per heavy atom. The number of benzene rings is 2. The molecule has 2 aromatic carbocycles. The second kappa shape index (κ2) is 4.61. The van der Waals surface area contributed by atoms with Crippen LogP contribution in [0.5, 0.6) is 0 Å². The van der Waals surface area contributed by atoms with E-state index in [1.807, 2.05) is 0 Å². The van der Waals surface area contributed by atoms with Gasteiger partial charge in [0.25, 0.3) is 0 Å². The van der Waals surface area contributed by atoms with Crippen molar-refractivity contribution in [2.24, 2.45) is 0 Å². The summed E-state index contributed by atoms with van der Waals surface area (Å²) in [6.45, 7) is 4.55. The van der Waals surface area contributed by atoms with Crippen molar-refractivity contribution in [3.8, 4) is 0 Å². The minimum atomic E-state index is 0.595. The molecule has 0 heterocycles. The zero-order valence-corrected chi connectivity index (χ0v) is 11.2. The maximum Gasteiger partial charge on any atom is 0.00923 e. The number of hydrogen-bond acceptors (Lipinski definition) is 0. The van der Waals surface area contributed by atoms with E-state index in [1.165, 1.54) is 24.0 Å². The molecule has 1 aliphatic rings. The van der Waals surface area contributed by atoms with E-state index in [2.05, 4.69) is 62.4 Å². The fraction of sp³-hybridized carbons (Fsp3) is 0.333. The molecule has 18 heavy (non-hydrogen) atoms. The summed E-state index contributed by atoms with van der Waals surface area (Å²) in [5.41, 5.74) is 5.96. The molecular formula is C18H20. The number of hydrogen-bond donors (Lipinski definition) is 0. The number of aryl methyl sites for hydroxylation is 1. The van der Waals surface area contributed by atoms with Gasteiger partial charge in [0, 0.05) is 5.92 Å². The van der Waals surface area contributed by atoms with Crippen molar-refractivity contribution >= 4 is 0 Å². The third kappa shape index (κ3) is 1.96. The van der Waals surface area contributed by atoms with Crippen LogP contribution in [-0.4, -0.2) is 0 Å². The van der Waals surface area contributed by atoms with Crippen LogP contribution >= 0.6 is 0 Å². The SMILES string of the molecule is Cc1ccc2c(c1)C(C)CCC2c1ccccc1. The molecule has 2 unspecified atom stereocenters. The molecule has 1 aliphatic carbocycles. The predicted molar refractivity (Wildman–Crippen MR) is 77.1 cm³/mol. The van der Waals surface area contributed by atoms with Crippen LogP contribution in [0, 0.1) is 6.92 Å². The molecule has 92 valence electrons. The summed E-state index contributed by atoms with van der Waals surface area (Å²) in [5, 5.41) is 0. The van der Waals surface area contributed by atoms with Crippen molar-refractivity contribution < 1.29 is 0 Å². The van der Waals surface area contributed by atoms with Gasteiger partial charge in [-0.15, -0.1) is 0 Å². The van der Waals surface area contributed by atoms with Crippen LogP contribution in [0.25, 0.3) is 0 Å². The Kier molecular flexibility index (Phi) is 2.95. The van der Waals surface area contributed by atoms with Gasteiger partial charge in [0.15, 0.2) is 0 Å². The van der Waals surface area contributed by atoms with E-state index in [1.54, 1.807) is 11.1 Å². The average molecular weight is 236 g/mol. The lowest BCUT2D eigenvalue weighted by Crippen LogP contribution is -2.14. The topological polar surface area (TPSA) is 0 Å². The van der Waals surface area contributed by atoms with Crippen molar-refractivity contribution in [2.75, 3.05) is 0 Å². The quantitative estimate of drug-likeness (QED) is 0.652. The van der Waals surface area contributed by atoms with Gasteiger partial charge in [-0.3, -0.25) is 0 Å². The number of fused-ring (bicyclic) bond motifs is 1. The molecule has 0 saturated heterocycles. The maximum absolute atomic E-state index is 2.38.